The maximum absolute atomic E-state index is 12.3. The lowest BCUT2D eigenvalue weighted by atomic mass is 10.2. The predicted molar refractivity (Wildman–Crippen MR) is 99.1 cm³/mol. The van der Waals surface area contributed by atoms with Crippen molar-refractivity contribution in [2.45, 2.75) is 6.54 Å². The molecule has 0 bridgehead atoms. The number of amides is 1. The van der Waals surface area contributed by atoms with Gasteiger partial charge >= 0.3 is 0 Å². The van der Waals surface area contributed by atoms with Crippen LogP contribution in [0.25, 0.3) is 11.4 Å². The minimum absolute atomic E-state index is 0.0707. The second kappa shape index (κ2) is 7.96. The summed E-state index contributed by atoms with van der Waals surface area (Å²) in [6.45, 7) is -0.0707. The highest BCUT2D eigenvalue weighted by Gasteiger charge is 2.12. The molecule has 8 nitrogen and oxygen atoms in total. The number of benzene rings is 2. The van der Waals surface area contributed by atoms with Crippen LogP contribution in [0.4, 0.5) is 5.69 Å². The summed E-state index contributed by atoms with van der Waals surface area (Å²) in [7, 11) is 3.08. The maximum atomic E-state index is 12.3. The molecule has 0 saturated carbocycles. The molecule has 0 spiro atoms. The average Bonchev–Trinajstić information content (AvgIpc) is 3.11. The third-order valence-corrected chi connectivity index (χ3v) is 4.05. The van der Waals surface area contributed by atoms with E-state index in [4.69, 9.17) is 9.47 Å². The van der Waals surface area contributed by atoms with E-state index in [0.717, 1.165) is 10.0 Å². The molecular weight excluding hydrogens is 402 g/mol. The minimum Gasteiger partial charge on any atom is -0.497 e. The molecule has 0 aliphatic carbocycles. The van der Waals surface area contributed by atoms with E-state index in [2.05, 4.69) is 36.7 Å². The van der Waals surface area contributed by atoms with Gasteiger partial charge in [-0.05, 0) is 41.6 Å². The number of nitrogens with one attached hydrogen (secondary N) is 1. The highest BCUT2D eigenvalue weighted by atomic mass is 79.9. The summed E-state index contributed by atoms with van der Waals surface area (Å²) in [5.74, 6) is 1.29. The zero-order chi connectivity index (χ0) is 18.5. The number of halogens is 1. The normalized spacial score (nSPS) is 10.4. The van der Waals surface area contributed by atoms with Gasteiger partial charge in [-0.3, -0.25) is 4.79 Å². The molecule has 3 aromatic rings. The topological polar surface area (TPSA) is 91.2 Å². The average molecular weight is 418 g/mol. The van der Waals surface area contributed by atoms with Gasteiger partial charge < -0.3 is 14.8 Å². The molecule has 9 heteroatoms. The van der Waals surface area contributed by atoms with Crippen molar-refractivity contribution in [2.24, 2.45) is 0 Å². The first-order valence-electron chi connectivity index (χ1n) is 7.64. The highest BCUT2D eigenvalue weighted by Crippen LogP contribution is 2.29. The molecule has 1 aromatic heterocycles. The van der Waals surface area contributed by atoms with Crippen molar-refractivity contribution in [2.75, 3.05) is 19.5 Å². The monoisotopic (exact) mass is 417 g/mol. The van der Waals surface area contributed by atoms with Crippen LogP contribution < -0.4 is 14.8 Å². The van der Waals surface area contributed by atoms with E-state index in [1.807, 2.05) is 24.3 Å². The van der Waals surface area contributed by atoms with E-state index in [1.165, 1.54) is 11.9 Å². The summed E-state index contributed by atoms with van der Waals surface area (Å²) in [5, 5.41) is 14.9. The van der Waals surface area contributed by atoms with Gasteiger partial charge in [0.1, 0.15) is 18.0 Å². The maximum Gasteiger partial charge on any atom is 0.248 e. The SMILES string of the molecule is COc1ccc(NC(=O)Cn2nnc(-c3ccc(Br)cc3)n2)c(OC)c1. The summed E-state index contributed by atoms with van der Waals surface area (Å²) < 4.78 is 11.4. The van der Waals surface area contributed by atoms with Crippen LogP contribution in [0.15, 0.2) is 46.9 Å². The van der Waals surface area contributed by atoms with Crippen molar-refractivity contribution < 1.29 is 14.3 Å². The Balaban J connectivity index is 1.68. The number of tetrazole rings is 1. The van der Waals surface area contributed by atoms with E-state index in [0.29, 0.717) is 23.0 Å². The summed E-state index contributed by atoms with van der Waals surface area (Å²) in [6.07, 6.45) is 0. The number of anilines is 1. The Morgan fingerprint density at radius 3 is 2.62 bits per heavy atom. The second-order valence-corrected chi connectivity index (χ2v) is 6.18. The van der Waals surface area contributed by atoms with E-state index in [1.54, 1.807) is 25.3 Å². The number of carbonyl (C=O) groups excluding carboxylic acids is 1. The lowest BCUT2D eigenvalue weighted by Gasteiger charge is -2.11. The Bertz CT molecular complexity index is 911. The van der Waals surface area contributed by atoms with Crippen molar-refractivity contribution in [3.63, 3.8) is 0 Å². The molecule has 0 unspecified atom stereocenters. The van der Waals surface area contributed by atoms with Crippen molar-refractivity contribution >= 4 is 27.5 Å². The van der Waals surface area contributed by atoms with E-state index < -0.39 is 0 Å². The molecule has 1 heterocycles. The summed E-state index contributed by atoms with van der Waals surface area (Å²) in [4.78, 5) is 13.5. The molecule has 0 aliphatic heterocycles. The first-order valence-corrected chi connectivity index (χ1v) is 8.44. The number of hydrogen-bond acceptors (Lipinski definition) is 6. The van der Waals surface area contributed by atoms with Crippen molar-refractivity contribution in [1.82, 2.24) is 20.2 Å². The summed E-state index contributed by atoms with van der Waals surface area (Å²) >= 11 is 3.38. The van der Waals surface area contributed by atoms with Gasteiger partial charge in [0.2, 0.25) is 11.7 Å². The Hall–Kier alpha value is -2.94. The van der Waals surface area contributed by atoms with Crippen molar-refractivity contribution in [3.05, 3.63) is 46.9 Å². The lowest BCUT2D eigenvalue weighted by molar-refractivity contribution is -0.117. The van der Waals surface area contributed by atoms with E-state index in [9.17, 15) is 4.79 Å². The predicted octanol–water partition coefficient (Wildman–Crippen LogP) is 2.76. The minimum atomic E-state index is -0.298. The Morgan fingerprint density at radius 2 is 1.92 bits per heavy atom. The van der Waals surface area contributed by atoms with Crippen molar-refractivity contribution in [3.8, 4) is 22.9 Å². The van der Waals surface area contributed by atoms with Crippen LogP contribution in [0.1, 0.15) is 0 Å². The Morgan fingerprint density at radius 1 is 1.15 bits per heavy atom. The number of hydrogen-bond donors (Lipinski definition) is 1. The molecule has 0 fully saturated rings. The van der Waals surface area contributed by atoms with Gasteiger partial charge in [0.05, 0.1) is 19.9 Å². The fourth-order valence-corrected chi connectivity index (χ4v) is 2.51. The molecule has 0 atom stereocenters. The van der Waals surface area contributed by atoms with Gasteiger partial charge in [-0.1, -0.05) is 15.9 Å². The molecule has 134 valence electrons. The van der Waals surface area contributed by atoms with Crippen LogP contribution in [-0.2, 0) is 11.3 Å². The summed E-state index contributed by atoms with van der Waals surface area (Å²) in [5.41, 5.74) is 1.35. The number of rotatable bonds is 6. The molecule has 0 radical (unpaired) electrons. The van der Waals surface area contributed by atoms with Crippen LogP contribution >= 0.6 is 15.9 Å². The van der Waals surface area contributed by atoms with E-state index in [-0.39, 0.29) is 12.5 Å². The number of aromatic nitrogens is 4. The quantitative estimate of drug-likeness (QED) is 0.662. The van der Waals surface area contributed by atoms with Gasteiger partial charge in [-0.25, -0.2) is 0 Å². The van der Waals surface area contributed by atoms with Crippen LogP contribution in [0.5, 0.6) is 11.5 Å². The standard InChI is InChI=1S/C17H16BrN5O3/c1-25-13-7-8-14(15(9-13)26-2)19-16(24)10-23-21-17(20-22-23)11-3-5-12(18)6-4-11/h3-9H,10H2,1-2H3,(H,19,24). The number of methoxy groups -OCH3 is 2. The largest absolute Gasteiger partial charge is 0.497 e. The Kier molecular flexibility index (Phi) is 5.47. The third-order valence-electron chi connectivity index (χ3n) is 3.52. The van der Waals surface area contributed by atoms with Crippen molar-refractivity contribution in [1.29, 1.82) is 0 Å². The molecule has 0 aliphatic rings. The highest BCUT2D eigenvalue weighted by molar-refractivity contribution is 9.10. The van der Waals surface area contributed by atoms with Crippen LogP contribution in [-0.4, -0.2) is 40.3 Å². The first kappa shape index (κ1) is 17.9. The van der Waals surface area contributed by atoms with Crippen LogP contribution in [0.3, 0.4) is 0 Å². The smallest absolute Gasteiger partial charge is 0.248 e. The Labute approximate surface area is 158 Å². The number of nitrogens with zero attached hydrogens (tertiary/aromatic N) is 4. The molecule has 3 rings (SSSR count). The molecular formula is C17H16BrN5O3. The van der Waals surface area contributed by atoms with Gasteiger partial charge in [0, 0.05) is 16.1 Å². The lowest BCUT2D eigenvalue weighted by Crippen LogP contribution is -2.20. The van der Waals surface area contributed by atoms with Gasteiger partial charge in [0.25, 0.3) is 0 Å². The van der Waals surface area contributed by atoms with E-state index >= 15 is 0 Å². The molecule has 1 N–H and O–H groups in total. The molecule has 1 amide bonds. The second-order valence-electron chi connectivity index (χ2n) is 5.26. The van der Waals surface area contributed by atoms with Gasteiger partial charge in [0.15, 0.2) is 0 Å². The zero-order valence-corrected chi connectivity index (χ0v) is 15.7. The fourth-order valence-electron chi connectivity index (χ4n) is 2.24. The molecule has 0 saturated heterocycles. The summed E-state index contributed by atoms with van der Waals surface area (Å²) in [6, 6.07) is 12.6. The molecule has 26 heavy (non-hydrogen) atoms. The number of ether oxygens (including phenoxy) is 2. The fraction of sp³-hybridized carbons (Fsp3) is 0.176. The zero-order valence-electron chi connectivity index (χ0n) is 14.1. The molecule has 2 aromatic carbocycles. The van der Waals surface area contributed by atoms with Gasteiger partial charge in [-0.2, -0.15) is 4.80 Å². The van der Waals surface area contributed by atoms with Gasteiger partial charge in [-0.15, -0.1) is 10.2 Å². The first-order chi connectivity index (χ1) is 12.6. The van der Waals surface area contributed by atoms with Crippen LogP contribution in [0, 0.1) is 0 Å². The number of carbonyl (C=O) groups is 1. The van der Waals surface area contributed by atoms with Crippen LogP contribution in [0.2, 0.25) is 0 Å². The third kappa shape index (κ3) is 4.17.